The molecule has 0 bridgehead atoms. The van der Waals surface area contributed by atoms with E-state index in [-0.39, 0.29) is 64.7 Å². The number of ether oxygens (including phenoxy) is 1. The van der Waals surface area contributed by atoms with E-state index in [4.69, 9.17) is 4.74 Å². The molecule has 5 aliphatic rings. The minimum atomic E-state index is -1.14. The van der Waals surface area contributed by atoms with Gasteiger partial charge < -0.3 is 14.9 Å². The lowest BCUT2D eigenvalue weighted by molar-refractivity contribution is -0.167. The van der Waals surface area contributed by atoms with Crippen molar-refractivity contribution in [2.75, 3.05) is 0 Å². The Morgan fingerprint density at radius 3 is 2.31 bits per heavy atom. The van der Waals surface area contributed by atoms with Crippen LogP contribution in [0.4, 0.5) is 0 Å². The zero-order chi connectivity index (χ0) is 26.8. The maximum atomic E-state index is 14.3. The Kier molecular flexibility index (Phi) is 5.32. The van der Waals surface area contributed by atoms with Crippen LogP contribution in [-0.2, 0) is 19.1 Å². The van der Waals surface area contributed by atoms with Crippen LogP contribution in [0.15, 0.2) is 23.5 Å². The summed E-state index contributed by atoms with van der Waals surface area (Å²) in [6, 6.07) is 0. The number of carbonyl (C=O) groups excluding carboxylic acids is 3. The Bertz CT molecular complexity index is 1110. The van der Waals surface area contributed by atoms with Crippen LogP contribution in [0.3, 0.4) is 0 Å². The first-order valence-corrected chi connectivity index (χ1v) is 13.5. The predicted octanol–water partition coefficient (Wildman–Crippen LogP) is 4.74. The molecular weight excluding hydrogens is 456 g/mol. The highest BCUT2D eigenvalue weighted by molar-refractivity contribution is 6.02. The SMILES string of the molecule is C[C@H]1C(=O)C[C@@H](C(C)(C)O)O[C@@H]2C[C@@]3(C)[C@@H]4CC=C5[C@H](C=C(O)C(=O)C5(C)C)[C@@]4(C)C(=O)C[C@@]3(C)[C@H]21. The standard InChI is InChI=1S/C30H42O6/c1-15-18(31)12-23(27(4,5)35)36-20-13-28(6)21-10-9-16-17(11-19(32)25(34)26(16,2)3)30(21,8)22(33)14-29(28,7)24(15)20/h9,11,15,17,20-21,23-24,32,35H,10,12-14H2,1-8H3/t15-,17-,20+,21-,23-,24-,28-,29-,30+/m0/s1. The van der Waals surface area contributed by atoms with Crippen LogP contribution in [0.25, 0.3) is 0 Å². The first-order chi connectivity index (χ1) is 16.4. The molecule has 1 saturated heterocycles. The summed E-state index contributed by atoms with van der Waals surface area (Å²) in [7, 11) is 0. The van der Waals surface area contributed by atoms with Gasteiger partial charge in [-0.1, -0.05) is 39.3 Å². The van der Waals surface area contributed by atoms with Gasteiger partial charge in [0.05, 0.1) is 23.2 Å². The summed E-state index contributed by atoms with van der Waals surface area (Å²) in [6.07, 6.45) is 4.84. The summed E-state index contributed by atoms with van der Waals surface area (Å²) >= 11 is 0. The van der Waals surface area contributed by atoms with E-state index in [0.29, 0.717) is 19.3 Å². The number of rotatable bonds is 1. The molecule has 0 spiro atoms. The average Bonchev–Trinajstić information content (AvgIpc) is 2.88. The third-order valence-corrected chi connectivity index (χ3v) is 11.6. The fraction of sp³-hybridized carbons (Fsp3) is 0.767. The predicted molar refractivity (Wildman–Crippen MR) is 135 cm³/mol. The van der Waals surface area contributed by atoms with Crippen LogP contribution < -0.4 is 0 Å². The van der Waals surface area contributed by atoms with Crippen molar-refractivity contribution in [1.29, 1.82) is 0 Å². The second kappa shape index (κ2) is 7.41. The highest BCUT2D eigenvalue weighted by Crippen LogP contribution is 2.74. The summed E-state index contributed by atoms with van der Waals surface area (Å²) in [5.41, 5.74) is -2.59. The molecule has 0 aromatic rings. The highest BCUT2D eigenvalue weighted by atomic mass is 16.5. The first kappa shape index (κ1) is 25.8. The van der Waals surface area contributed by atoms with Gasteiger partial charge in [0.15, 0.2) is 5.76 Å². The van der Waals surface area contributed by atoms with Crippen molar-refractivity contribution in [3.05, 3.63) is 23.5 Å². The van der Waals surface area contributed by atoms with Crippen molar-refractivity contribution in [2.24, 2.45) is 45.3 Å². The van der Waals surface area contributed by atoms with Crippen molar-refractivity contribution in [3.63, 3.8) is 0 Å². The summed E-state index contributed by atoms with van der Waals surface area (Å²) in [6.45, 7) is 15.5. The number of ketones is 3. The van der Waals surface area contributed by atoms with Gasteiger partial charge in [-0.3, -0.25) is 14.4 Å². The lowest BCUT2D eigenvalue weighted by atomic mass is 9.39. The van der Waals surface area contributed by atoms with Crippen LogP contribution in [-0.4, -0.2) is 45.4 Å². The highest BCUT2D eigenvalue weighted by Gasteiger charge is 2.73. The molecule has 3 fully saturated rings. The van der Waals surface area contributed by atoms with Gasteiger partial charge in [0.25, 0.3) is 0 Å². The maximum Gasteiger partial charge on any atom is 0.206 e. The summed E-state index contributed by atoms with van der Waals surface area (Å²) in [5.74, 6) is -1.07. The Labute approximate surface area is 214 Å². The topological polar surface area (TPSA) is 101 Å². The van der Waals surface area contributed by atoms with Crippen molar-refractivity contribution < 1.29 is 29.3 Å². The zero-order valence-corrected chi connectivity index (χ0v) is 23.0. The molecule has 0 aromatic heterocycles. The molecule has 0 aromatic carbocycles. The molecule has 6 heteroatoms. The van der Waals surface area contributed by atoms with Gasteiger partial charge in [0.1, 0.15) is 11.6 Å². The molecule has 6 nitrogen and oxygen atoms in total. The number of hydrogen-bond acceptors (Lipinski definition) is 6. The molecule has 198 valence electrons. The fourth-order valence-corrected chi connectivity index (χ4v) is 9.24. The number of hydrogen-bond donors (Lipinski definition) is 2. The van der Waals surface area contributed by atoms with Crippen LogP contribution >= 0.6 is 0 Å². The molecule has 2 saturated carbocycles. The number of Topliss-reactive ketones (excluding diaryl/α,β-unsaturated/α-hetero) is 3. The molecule has 2 N–H and O–H groups in total. The summed E-state index contributed by atoms with van der Waals surface area (Å²) in [5, 5.41) is 21.4. The van der Waals surface area contributed by atoms with Crippen LogP contribution in [0.2, 0.25) is 0 Å². The second-order valence-electron chi connectivity index (χ2n) is 14.2. The number of aliphatic hydroxyl groups excluding tert-OH is 1. The molecule has 36 heavy (non-hydrogen) atoms. The van der Waals surface area contributed by atoms with E-state index in [1.54, 1.807) is 19.9 Å². The van der Waals surface area contributed by atoms with E-state index in [0.717, 1.165) is 5.57 Å². The van der Waals surface area contributed by atoms with Gasteiger partial charge in [-0.2, -0.15) is 0 Å². The third-order valence-electron chi connectivity index (χ3n) is 11.6. The number of allylic oxidation sites excluding steroid dienone is 4. The Hall–Kier alpha value is -1.79. The van der Waals surface area contributed by atoms with Crippen LogP contribution in [0, 0.1) is 45.3 Å². The smallest absolute Gasteiger partial charge is 0.206 e. The number of carbonyl (C=O) groups is 3. The van der Waals surface area contributed by atoms with Crippen molar-refractivity contribution in [1.82, 2.24) is 0 Å². The molecular formula is C30H42O6. The summed E-state index contributed by atoms with van der Waals surface area (Å²) in [4.78, 5) is 40.4. The van der Waals surface area contributed by atoms with Gasteiger partial charge in [-0.15, -0.1) is 0 Å². The van der Waals surface area contributed by atoms with Gasteiger partial charge >= 0.3 is 0 Å². The Balaban J connectivity index is 1.64. The zero-order valence-electron chi connectivity index (χ0n) is 23.0. The van der Waals surface area contributed by atoms with Gasteiger partial charge in [-0.05, 0) is 63.4 Å². The molecule has 4 aliphatic carbocycles. The summed E-state index contributed by atoms with van der Waals surface area (Å²) < 4.78 is 6.59. The van der Waals surface area contributed by atoms with Crippen molar-refractivity contribution in [3.8, 4) is 0 Å². The second-order valence-corrected chi connectivity index (χ2v) is 14.2. The number of fused-ring (bicyclic) bond motifs is 7. The van der Waals surface area contributed by atoms with Crippen LogP contribution in [0.1, 0.15) is 81.1 Å². The van der Waals surface area contributed by atoms with E-state index in [9.17, 15) is 24.6 Å². The monoisotopic (exact) mass is 498 g/mol. The number of aliphatic hydroxyl groups is 2. The molecule has 1 heterocycles. The molecule has 0 amide bonds. The molecule has 5 rings (SSSR count). The van der Waals surface area contributed by atoms with E-state index >= 15 is 0 Å². The maximum absolute atomic E-state index is 14.3. The van der Waals surface area contributed by atoms with Crippen LogP contribution in [0.5, 0.6) is 0 Å². The van der Waals surface area contributed by atoms with Gasteiger partial charge in [-0.25, -0.2) is 0 Å². The minimum absolute atomic E-state index is 0.0310. The van der Waals surface area contributed by atoms with Gasteiger partial charge in [0, 0.05) is 36.0 Å². The lowest BCUT2D eigenvalue weighted by Gasteiger charge is -2.63. The van der Waals surface area contributed by atoms with Crippen molar-refractivity contribution >= 4 is 17.3 Å². The minimum Gasteiger partial charge on any atom is -0.505 e. The third kappa shape index (κ3) is 3.00. The van der Waals surface area contributed by atoms with E-state index in [1.807, 2.05) is 27.7 Å². The lowest BCUT2D eigenvalue weighted by Crippen LogP contribution is -2.62. The quantitative estimate of drug-likeness (QED) is 0.506. The van der Waals surface area contributed by atoms with Crippen molar-refractivity contribution in [2.45, 2.75) is 98.9 Å². The normalized spacial score (nSPS) is 48.2. The van der Waals surface area contributed by atoms with Gasteiger partial charge in [0.2, 0.25) is 5.78 Å². The molecule has 9 atom stereocenters. The van der Waals surface area contributed by atoms with E-state index in [1.165, 1.54) is 0 Å². The molecule has 0 radical (unpaired) electrons. The molecule has 0 unspecified atom stereocenters. The van der Waals surface area contributed by atoms with E-state index < -0.39 is 27.9 Å². The first-order valence-electron chi connectivity index (χ1n) is 13.5. The largest absolute Gasteiger partial charge is 0.505 e. The molecule has 1 aliphatic heterocycles. The average molecular weight is 499 g/mol. The fourth-order valence-electron chi connectivity index (χ4n) is 9.24. The Morgan fingerprint density at radius 1 is 1.06 bits per heavy atom. The van der Waals surface area contributed by atoms with E-state index in [2.05, 4.69) is 19.9 Å². The Morgan fingerprint density at radius 2 is 1.69 bits per heavy atom.